The molecule has 0 aliphatic carbocycles. The summed E-state index contributed by atoms with van der Waals surface area (Å²) in [5.41, 5.74) is 0.489. The molecule has 1 aliphatic heterocycles. The van der Waals surface area contributed by atoms with Gasteiger partial charge < -0.3 is 24.6 Å². The summed E-state index contributed by atoms with van der Waals surface area (Å²) in [6.45, 7) is 1.68. The summed E-state index contributed by atoms with van der Waals surface area (Å²) in [5, 5.41) is 19.6. The average Bonchev–Trinajstić information content (AvgIpc) is 2.76. The summed E-state index contributed by atoms with van der Waals surface area (Å²) < 4.78 is 24.7. The first-order valence-corrected chi connectivity index (χ1v) is 10.8. The lowest BCUT2D eigenvalue weighted by Crippen LogP contribution is -2.38. The van der Waals surface area contributed by atoms with Gasteiger partial charge in [0, 0.05) is 19.2 Å². The molecular weight excluding hydrogens is 401 g/mol. The molecule has 1 saturated heterocycles. The van der Waals surface area contributed by atoms with Crippen LogP contribution in [0, 0.1) is 11.7 Å². The smallest absolute Gasteiger partial charge is 0.407 e. The maximum absolute atomic E-state index is 13.4. The number of unbranched alkanes of at least 4 members (excludes halogenated alkanes) is 2. The lowest BCUT2D eigenvalue weighted by atomic mass is 9.93. The number of aliphatic hydroxyl groups excluding tert-OH is 1. The number of aliphatic hydroxyl groups is 1. The minimum Gasteiger partial charge on any atom is -0.465 e. The Morgan fingerprint density at radius 1 is 1.16 bits per heavy atom. The first-order valence-electron chi connectivity index (χ1n) is 10.8. The minimum absolute atomic E-state index is 0.351. The van der Waals surface area contributed by atoms with Gasteiger partial charge in [-0.3, -0.25) is 0 Å². The lowest BCUT2D eigenvalue weighted by Gasteiger charge is -2.30. The number of likely N-dealkylation sites (tertiary alicyclic amines) is 1. The molecule has 2 unspecified atom stereocenters. The number of piperidine rings is 1. The van der Waals surface area contributed by atoms with Crippen LogP contribution in [0.1, 0.15) is 50.4 Å². The fraction of sp³-hybridized carbons (Fsp3) is 0.458. The van der Waals surface area contributed by atoms with Crippen molar-refractivity contribution >= 4 is 6.09 Å². The van der Waals surface area contributed by atoms with Crippen molar-refractivity contribution in [3.8, 4) is 11.5 Å². The van der Waals surface area contributed by atoms with E-state index in [1.165, 1.54) is 17.0 Å². The molecule has 3 rings (SSSR count). The van der Waals surface area contributed by atoms with E-state index in [1.54, 1.807) is 36.4 Å². The Morgan fingerprint density at radius 2 is 2.00 bits per heavy atom. The number of hydrogen-bond acceptors (Lipinski definition) is 4. The topological polar surface area (TPSA) is 79.2 Å². The predicted molar refractivity (Wildman–Crippen MR) is 115 cm³/mol. The molecule has 0 bridgehead atoms. The zero-order chi connectivity index (χ0) is 22.1. The number of rotatable bonds is 10. The first-order chi connectivity index (χ1) is 15.0. The van der Waals surface area contributed by atoms with Crippen LogP contribution in [-0.2, 0) is 4.74 Å². The van der Waals surface area contributed by atoms with E-state index in [0.717, 1.165) is 38.5 Å². The Bertz CT molecular complexity index is 846. The van der Waals surface area contributed by atoms with Crippen LogP contribution in [0.2, 0.25) is 0 Å². The largest absolute Gasteiger partial charge is 0.465 e. The predicted octanol–water partition coefficient (Wildman–Crippen LogP) is 5.58. The molecule has 0 spiro atoms. The van der Waals surface area contributed by atoms with Gasteiger partial charge in [-0.2, -0.15) is 0 Å². The maximum Gasteiger partial charge on any atom is 0.407 e. The van der Waals surface area contributed by atoms with Gasteiger partial charge in [0.25, 0.3) is 0 Å². The van der Waals surface area contributed by atoms with Gasteiger partial charge in [-0.05, 0) is 49.8 Å². The Hall–Kier alpha value is -2.64. The van der Waals surface area contributed by atoms with Gasteiger partial charge in [0.05, 0.1) is 12.2 Å². The number of nitrogens with zero attached hydrogens (tertiary/aromatic N) is 1. The Labute approximate surface area is 182 Å². The highest BCUT2D eigenvalue weighted by Gasteiger charge is 2.22. The van der Waals surface area contributed by atoms with Gasteiger partial charge in [-0.15, -0.1) is 0 Å². The quantitative estimate of drug-likeness (QED) is 0.379. The van der Waals surface area contributed by atoms with Crippen LogP contribution >= 0.6 is 0 Å². The minimum atomic E-state index is -1.13. The lowest BCUT2D eigenvalue weighted by molar-refractivity contribution is -0.104. The van der Waals surface area contributed by atoms with Crippen molar-refractivity contribution in [3.63, 3.8) is 0 Å². The van der Waals surface area contributed by atoms with Crippen molar-refractivity contribution < 1.29 is 28.9 Å². The van der Waals surface area contributed by atoms with Crippen LogP contribution in [0.5, 0.6) is 11.5 Å². The zero-order valence-electron chi connectivity index (χ0n) is 17.6. The van der Waals surface area contributed by atoms with E-state index in [9.17, 15) is 14.3 Å². The molecule has 1 aliphatic rings. The Balaban J connectivity index is 1.39. The Morgan fingerprint density at radius 3 is 2.81 bits per heavy atom. The summed E-state index contributed by atoms with van der Waals surface area (Å²) in [7, 11) is 0. The van der Waals surface area contributed by atoms with Crippen LogP contribution in [0.25, 0.3) is 0 Å². The van der Waals surface area contributed by atoms with Crippen LogP contribution in [0.4, 0.5) is 9.18 Å². The van der Waals surface area contributed by atoms with Gasteiger partial charge in [0.1, 0.15) is 17.3 Å². The van der Waals surface area contributed by atoms with Crippen molar-refractivity contribution in [1.29, 1.82) is 0 Å². The first kappa shape index (κ1) is 23.0. The van der Waals surface area contributed by atoms with Crippen molar-refractivity contribution in [2.75, 3.05) is 19.7 Å². The Kier molecular flexibility index (Phi) is 8.67. The molecule has 2 atom stereocenters. The second-order valence-electron chi connectivity index (χ2n) is 7.91. The fourth-order valence-corrected chi connectivity index (χ4v) is 3.91. The van der Waals surface area contributed by atoms with Crippen LogP contribution < -0.4 is 4.74 Å². The molecular formula is C24H30FNO5. The van der Waals surface area contributed by atoms with E-state index in [-0.39, 0.29) is 0 Å². The number of para-hydroxylation sites is 1. The highest BCUT2D eigenvalue weighted by Crippen LogP contribution is 2.30. The van der Waals surface area contributed by atoms with Gasteiger partial charge in [0.15, 0.2) is 6.29 Å². The molecule has 0 saturated carbocycles. The standard InChI is InChI=1S/C24H30FNO5/c25-19-10-6-11-20(16-19)31-22-13-4-3-12-21(22)23(27)30-15-5-1-2-8-18-9-7-14-26(17-18)24(28)29/h3-4,6,10-13,16,18,23,27H,1-2,5,7-9,14-15,17H2,(H,28,29). The SMILES string of the molecule is O=C(O)N1CCCC(CCCCCOC(O)c2ccccc2Oc2cccc(F)c2)C1. The van der Waals surface area contributed by atoms with Crippen molar-refractivity contribution in [1.82, 2.24) is 4.90 Å². The summed E-state index contributed by atoms with van der Waals surface area (Å²) in [6, 6.07) is 12.8. The number of carboxylic acid groups (broad SMARTS) is 1. The zero-order valence-corrected chi connectivity index (χ0v) is 17.6. The summed E-state index contributed by atoms with van der Waals surface area (Å²) in [5.74, 6) is 0.809. The summed E-state index contributed by atoms with van der Waals surface area (Å²) >= 11 is 0. The second kappa shape index (κ2) is 11.7. The number of benzene rings is 2. The van der Waals surface area contributed by atoms with E-state index < -0.39 is 18.2 Å². The van der Waals surface area contributed by atoms with E-state index in [4.69, 9.17) is 14.6 Å². The van der Waals surface area contributed by atoms with Crippen molar-refractivity contribution in [2.45, 2.75) is 44.8 Å². The number of ether oxygens (including phenoxy) is 2. The van der Waals surface area contributed by atoms with E-state index in [2.05, 4.69) is 0 Å². The van der Waals surface area contributed by atoms with E-state index >= 15 is 0 Å². The normalized spacial score (nSPS) is 17.4. The molecule has 0 radical (unpaired) electrons. The van der Waals surface area contributed by atoms with Gasteiger partial charge in [0.2, 0.25) is 0 Å². The summed E-state index contributed by atoms with van der Waals surface area (Å²) in [4.78, 5) is 12.6. The fourth-order valence-electron chi connectivity index (χ4n) is 3.91. The molecule has 2 aromatic carbocycles. The van der Waals surface area contributed by atoms with Gasteiger partial charge >= 0.3 is 6.09 Å². The second-order valence-corrected chi connectivity index (χ2v) is 7.91. The molecule has 6 nitrogen and oxygen atoms in total. The number of carbonyl (C=O) groups is 1. The van der Waals surface area contributed by atoms with Crippen LogP contribution in [0.3, 0.4) is 0 Å². The van der Waals surface area contributed by atoms with Crippen molar-refractivity contribution in [2.24, 2.45) is 5.92 Å². The van der Waals surface area contributed by atoms with Crippen molar-refractivity contribution in [3.05, 3.63) is 59.9 Å². The van der Waals surface area contributed by atoms with E-state index in [0.29, 0.717) is 42.7 Å². The molecule has 1 amide bonds. The van der Waals surface area contributed by atoms with E-state index in [1.807, 2.05) is 0 Å². The number of amides is 1. The third kappa shape index (κ3) is 7.22. The number of hydrogen-bond donors (Lipinski definition) is 2. The third-order valence-electron chi connectivity index (χ3n) is 5.53. The van der Waals surface area contributed by atoms with Crippen LogP contribution in [-0.4, -0.2) is 40.9 Å². The average molecular weight is 432 g/mol. The number of halogens is 1. The molecule has 7 heteroatoms. The third-order valence-corrected chi connectivity index (χ3v) is 5.53. The summed E-state index contributed by atoms with van der Waals surface area (Å²) in [6.07, 6.45) is 3.84. The molecule has 0 aromatic heterocycles. The molecule has 1 heterocycles. The highest BCUT2D eigenvalue weighted by molar-refractivity contribution is 5.65. The monoisotopic (exact) mass is 431 g/mol. The molecule has 168 valence electrons. The van der Waals surface area contributed by atoms with Crippen LogP contribution in [0.15, 0.2) is 48.5 Å². The molecule has 2 N–H and O–H groups in total. The maximum atomic E-state index is 13.4. The highest BCUT2D eigenvalue weighted by atomic mass is 19.1. The molecule has 1 fully saturated rings. The molecule has 2 aromatic rings. The van der Waals surface area contributed by atoms with Gasteiger partial charge in [-0.25, -0.2) is 9.18 Å². The van der Waals surface area contributed by atoms with Gasteiger partial charge in [-0.1, -0.05) is 37.1 Å². The molecule has 31 heavy (non-hydrogen) atoms.